The number of anilines is 1. The average molecular weight is 374 g/mol. The number of halogens is 2. The highest BCUT2D eigenvalue weighted by atomic mass is 19.3. The quantitative estimate of drug-likeness (QED) is 0.779. The maximum atomic E-state index is 13.2. The van der Waals surface area contributed by atoms with Gasteiger partial charge in [-0.25, -0.2) is 18.7 Å². The third kappa shape index (κ3) is 4.37. The number of alkyl halides is 2. The summed E-state index contributed by atoms with van der Waals surface area (Å²) in [5, 5.41) is 0.868. The summed E-state index contributed by atoms with van der Waals surface area (Å²) in [4.78, 5) is 13.1. The summed E-state index contributed by atoms with van der Waals surface area (Å²) in [6.45, 7) is 5.40. The monoisotopic (exact) mass is 374 g/mol. The van der Waals surface area contributed by atoms with Crippen molar-refractivity contribution >= 4 is 16.7 Å². The van der Waals surface area contributed by atoms with E-state index >= 15 is 0 Å². The second-order valence-corrected chi connectivity index (χ2v) is 7.87. The standard InChI is InChI=1S/C21H28F2N4/c22-19(23)20-24-18-8-4-3-7-17(18)21(25-20)27-13-9-16(10-14-27)15-26-11-5-1-2-6-12-26/h3-4,7-8,16,19H,1-2,5-6,9-15H2. The second kappa shape index (κ2) is 8.46. The molecular weight excluding hydrogens is 346 g/mol. The van der Waals surface area contributed by atoms with E-state index in [1.54, 1.807) is 6.07 Å². The van der Waals surface area contributed by atoms with Gasteiger partial charge in [-0.05, 0) is 56.8 Å². The van der Waals surface area contributed by atoms with Crippen LogP contribution in [0.4, 0.5) is 14.6 Å². The van der Waals surface area contributed by atoms with Crippen LogP contribution < -0.4 is 4.90 Å². The number of piperidine rings is 1. The first kappa shape index (κ1) is 18.5. The Hall–Kier alpha value is -1.82. The lowest BCUT2D eigenvalue weighted by Gasteiger charge is -2.35. The number of benzene rings is 1. The lowest BCUT2D eigenvalue weighted by atomic mass is 9.95. The summed E-state index contributed by atoms with van der Waals surface area (Å²) in [5.74, 6) is 1.00. The molecule has 2 saturated heterocycles. The normalized spacial score (nSPS) is 20.3. The molecule has 146 valence electrons. The molecule has 0 N–H and O–H groups in total. The van der Waals surface area contributed by atoms with Crippen LogP contribution in [0.1, 0.15) is 50.8 Å². The summed E-state index contributed by atoms with van der Waals surface area (Å²) >= 11 is 0. The number of likely N-dealkylation sites (tertiary alicyclic amines) is 1. The van der Waals surface area contributed by atoms with Gasteiger partial charge in [0, 0.05) is 25.0 Å². The van der Waals surface area contributed by atoms with Crippen molar-refractivity contribution in [3.8, 4) is 0 Å². The van der Waals surface area contributed by atoms with Gasteiger partial charge in [0.15, 0.2) is 5.82 Å². The van der Waals surface area contributed by atoms with E-state index in [9.17, 15) is 8.78 Å². The Bertz CT molecular complexity index is 751. The molecule has 6 heteroatoms. The number of hydrogen-bond donors (Lipinski definition) is 0. The molecule has 2 fully saturated rings. The molecule has 2 aromatic rings. The van der Waals surface area contributed by atoms with Gasteiger partial charge in [-0.3, -0.25) is 0 Å². The molecule has 0 aliphatic carbocycles. The van der Waals surface area contributed by atoms with Gasteiger partial charge in [-0.2, -0.15) is 0 Å². The molecule has 27 heavy (non-hydrogen) atoms. The highest BCUT2D eigenvalue weighted by molar-refractivity contribution is 5.89. The van der Waals surface area contributed by atoms with Gasteiger partial charge < -0.3 is 9.80 Å². The minimum atomic E-state index is -2.64. The van der Waals surface area contributed by atoms with Crippen LogP contribution in [0, 0.1) is 5.92 Å². The predicted octanol–water partition coefficient (Wildman–Crippen LogP) is 4.66. The summed E-state index contributed by atoms with van der Waals surface area (Å²) in [6.07, 6.45) is 4.92. The molecule has 0 unspecified atom stereocenters. The van der Waals surface area contributed by atoms with Crippen LogP contribution in [0.25, 0.3) is 10.9 Å². The lowest BCUT2D eigenvalue weighted by Crippen LogP contribution is -2.39. The largest absolute Gasteiger partial charge is 0.356 e. The van der Waals surface area contributed by atoms with Crippen LogP contribution in [-0.2, 0) is 0 Å². The SMILES string of the molecule is FC(F)c1nc(N2CCC(CN3CCCCCC3)CC2)c2ccccc2n1. The number of fused-ring (bicyclic) bond motifs is 1. The van der Waals surface area contributed by atoms with Crippen LogP contribution in [0.5, 0.6) is 0 Å². The van der Waals surface area contributed by atoms with Gasteiger partial charge in [0.1, 0.15) is 5.82 Å². The fourth-order valence-corrected chi connectivity index (χ4v) is 4.43. The van der Waals surface area contributed by atoms with Crippen molar-refractivity contribution in [2.45, 2.75) is 45.0 Å². The summed E-state index contributed by atoms with van der Waals surface area (Å²) in [7, 11) is 0. The zero-order valence-electron chi connectivity index (χ0n) is 15.8. The van der Waals surface area contributed by atoms with Crippen LogP contribution in [0.2, 0.25) is 0 Å². The predicted molar refractivity (Wildman–Crippen MR) is 104 cm³/mol. The van der Waals surface area contributed by atoms with E-state index < -0.39 is 6.43 Å². The van der Waals surface area contributed by atoms with Crippen molar-refractivity contribution in [1.29, 1.82) is 0 Å². The van der Waals surface area contributed by atoms with E-state index in [1.807, 2.05) is 18.2 Å². The summed E-state index contributed by atoms with van der Waals surface area (Å²) in [6, 6.07) is 7.48. The molecule has 4 nitrogen and oxygen atoms in total. The number of rotatable bonds is 4. The lowest BCUT2D eigenvalue weighted by molar-refractivity contribution is 0.141. The molecule has 0 amide bonds. The third-order valence-corrected chi connectivity index (χ3v) is 5.92. The second-order valence-electron chi connectivity index (χ2n) is 7.87. The molecule has 0 atom stereocenters. The molecule has 1 aromatic heterocycles. The Morgan fingerprint density at radius 1 is 0.926 bits per heavy atom. The first-order valence-electron chi connectivity index (χ1n) is 10.2. The Balaban J connectivity index is 1.46. The summed E-state index contributed by atoms with van der Waals surface area (Å²) in [5.41, 5.74) is 0.601. The minimum absolute atomic E-state index is 0.365. The number of para-hydroxylation sites is 1. The van der Waals surface area contributed by atoms with Crippen LogP contribution in [0.15, 0.2) is 24.3 Å². The van der Waals surface area contributed by atoms with E-state index in [0.29, 0.717) is 17.3 Å². The van der Waals surface area contributed by atoms with E-state index in [4.69, 9.17) is 0 Å². The molecule has 2 aliphatic heterocycles. The highest BCUT2D eigenvalue weighted by Crippen LogP contribution is 2.30. The van der Waals surface area contributed by atoms with Gasteiger partial charge in [0.25, 0.3) is 6.43 Å². The molecule has 0 bridgehead atoms. The zero-order chi connectivity index (χ0) is 18.6. The number of nitrogens with zero attached hydrogens (tertiary/aromatic N) is 4. The Kier molecular flexibility index (Phi) is 5.81. The summed E-state index contributed by atoms with van der Waals surface area (Å²) < 4.78 is 26.5. The van der Waals surface area contributed by atoms with Gasteiger partial charge >= 0.3 is 0 Å². The van der Waals surface area contributed by atoms with Gasteiger partial charge in [-0.1, -0.05) is 25.0 Å². The van der Waals surface area contributed by atoms with Crippen LogP contribution in [0.3, 0.4) is 0 Å². The molecule has 0 saturated carbocycles. The van der Waals surface area contributed by atoms with Crippen molar-refractivity contribution in [2.24, 2.45) is 5.92 Å². The Labute approximate surface area is 159 Å². The van der Waals surface area contributed by atoms with Crippen molar-refractivity contribution in [3.63, 3.8) is 0 Å². The first-order valence-corrected chi connectivity index (χ1v) is 10.2. The van der Waals surface area contributed by atoms with E-state index in [2.05, 4.69) is 19.8 Å². The zero-order valence-corrected chi connectivity index (χ0v) is 15.8. The first-order chi connectivity index (χ1) is 13.2. The molecule has 0 spiro atoms. The third-order valence-electron chi connectivity index (χ3n) is 5.92. The maximum absolute atomic E-state index is 13.2. The van der Waals surface area contributed by atoms with E-state index in [1.165, 1.54) is 45.3 Å². The number of aromatic nitrogens is 2. The molecule has 2 aliphatic rings. The topological polar surface area (TPSA) is 32.3 Å². The number of hydrogen-bond acceptors (Lipinski definition) is 4. The van der Waals surface area contributed by atoms with Crippen molar-refractivity contribution in [3.05, 3.63) is 30.1 Å². The molecule has 3 heterocycles. The van der Waals surface area contributed by atoms with Crippen LogP contribution in [-0.4, -0.2) is 47.6 Å². The molecule has 1 aromatic carbocycles. The smallest absolute Gasteiger partial charge is 0.297 e. The fraction of sp³-hybridized carbons (Fsp3) is 0.619. The van der Waals surface area contributed by atoms with E-state index in [0.717, 1.165) is 31.3 Å². The Morgan fingerprint density at radius 2 is 1.63 bits per heavy atom. The Morgan fingerprint density at radius 3 is 2.33 bits per heavy atom. The van der Waals surface area contributed by atoms with Gasteiger partial charge in [-0.15, -0.1) is 0 Å². The maximum Gasteiger partial charge on any atom is 0.297 e. The average Bonchev–Trinajstić information content (AvgIpc) is 2.96. The van der Waals surface area contributed by atoms with Crippen molar-refractivity contribution in [1.82, 2.24) is 14.9 Å². The minimum Gasteiger partial charge on any atom is -0.356 e. The van der Waals surface area contributed by atoms with Crippen molar-refractivity contribution in [2.75, 3.05) is 37.6 Å². The van der Waals surface area contributed by atoms with Gasteiger partial charge in [0.2, 0.25) is 0 Å². The van der Waals surface area contributed by atoms with Gasteiger partial charge in [0.05, 0.1) is 5.52 Å². The molecule has 0 radical (unpaired) electrons. The molecule has 4 rings (SSSR count). The van der Waals surface area contributed by atoms with Crippen molar-refractivity contribution < 1.29 is 8.78 Å². The van der Waals surface area contributed by atoms with E-state index in [-0.39, 0.29) is 5.82 Å². The fourth-order valence-electron chi connectivity index (χ4n) is 4.43. The molecular formula is C21H28F2N4. The highest BCUT2D eigenvalue weighted by Gasteiger charge is 2.25. The van der Waals surface area contributed by atoms with Crippen LogP contribution >= 0.6 is 0 Å².